The third-order valence-electron chi connectivity index (χ3n) is 1.52. The fraction of sp³-hybridized carbons (Fsp3) is 0.600. The number of unbranched alkanes of at least 4 members (excludes halogenated alkanes) is 1. The summed E-state index contributed by atoms with van der Waals surface area (Å²) in [7, 11) is 0.398. The summed E-state index contributed by atoms with van der Waals surface area (Å²) in [6, 6.07) is 0. The van der Waals surface area contributed by atoms with Crippen LogP contribution < -0.4 is 0 Å². The summed E-state index contributed by atoms with van der Waals surface area (Å²) in [4.78, 5) is 0. The van der Waals surface area contributed by atoms with Crippen molar-refractivity contribution in [3.63, 3.8) is 0 Å². The largest absolute Gasteiger partial charge is 0.228 e. The molecule has 0 amide bonds. The summed E-state index contributed by atoms with van der Waals surface area (Å²) in [5.74, 6) is 1.29. The van der Waals surface area contributed by atoms with Crippen molar-refractivity contribution < 1.29 is 8.42 Å². The van der Waals surface area contributed by atoms with E-state index in [4.69, 9.17) is 0 Å². The van der Waals surface area contributed by atoms with Crippen molar-refractivity contribution in [2.75, 3.05) is 17.3 Å². The highest BCUT2D eigenvalue weighted by Crippen LogP contribution is 2.23. The Balaban J connectivity index is 3.58. The Morgan fingerprint density at radius 3 is 2.67 bits per heavy atom. The Kier molecular flexibility index (Phi) is 9.44. The molecule has 2 nitrogen and oxygen atoms in total. The first-order valence-corrected chi connectivity index (χ1v) is 9.07. The van der Waals surface area contributed by atoms with Gasteiger partial charge in [0.05, 0.1) is 11.5 Å². The van der Waals surface area contributed by atoms with Crippen LogP contribution in [0.15, 0.2) is 24.1 Å². The predicted molar refractivity (Wildman–Crippen MR) is 72.9 cm³/mol. The lowest BCUT2D eigenvalue weighted by Gasteiger charge is -1.95. The van der Waals surface area contributed by atoms with E-state index >= 15 is 0 Å². The van der Waals surface area contributed by atoms with Crippen molar-refractivity contribution in [2.45, 2.75) is 19.8 Å². The molecule has 0 spiro atoms. The zero-order valence-electron chi connectivity index (χ0n) is 9.02. The molecule has 0 radical (unpaired) electrons. The Labute approximate surface area is 101 Å². The molecule has 5 heteroatoms. The van der Waals surface area contributed by atoms with Crippen LogP contribution >= 0.6 is 21.6 Å². The molecule has 0 aromatic rings. The molecule has 0 N–H and O–H groups in total. The molecule has 0 unspecified atom stereocenters. The van der Waals surface area contributed by atoms with Crippen molar-refractivity contribution in [3.05, 3.63) is 24.1 Å². The van der Waals surface area contributed by atoms with Gasteiger partial charge in [0.15, 0.2) is 9.84 Å². The summed E-state index contributed by atoms with van der Waals surface area (Å²) in [6.45, 7) is 5.57. The quantitative estimate of drug-likeness (QED) is 0.364. The molecular formula is C10H18O2S3. The third-order valence-corrected chi connectivity index (χ3v) is 5.10. The number of hydrogen-bond acceptors (Lipinski definition) is 4. The third kappa shape index (κ3) is 10.4. The van der Waals surface area contributed by atoms with Crippen LogP contribution in [0.1, 0.15) is 19.8 Å². The lowest BCUT2D eigenvalue weighted by molar-refractivity contribution is 0.602. The van der Waals surface area contributed by atoms with Gasteiger partial charge in [0.2, 0.25) is 0 Å². The van der Waals surface area contributed by atoms with Gasteiger partial charge in [0.1, 0.15) is 0 Å². The van der Waals surface area contributed by atoms with E-state index in [-0.39, 0.29) is 11.5 Å². The molecule has 0 aliphatic heterocycles. The van der Waals surface area contributed by atoms with Crippen molar-refractivity contribution >= 4 is 31.4 Å². The fourth-order valence-electron chi connectivity index (χ4n) is 0.763. The predicted octanol–water partition coefficient (Wildman–Crippen LogP) is 3.28. The average Bonchev–Trinajstić information content (AvgIpc) is 2.16. The van der Waals surface area contributed by atoms with Gasteiger partial charge in [-0.3, -0.25) is 0 Å². The SMILES string of the molecule is C=CCS(=O)(=O)C/C=C/SSCCCC. The summed E-state index contributed by atoms with van der Waals surface area (Å²) >= 11 is 0. The summed E-state index contributed by atoms with van der Waals surface area (Å²) in [5, 5.41) is 1.85. The molecule has 0 saturated carbocycles. The van der Waals surface area contributed by atoms with E-state index in [1.165, 1.54) is 18.9 Å². The van der Waals surface area contributed by atoms with Gasteiger partial charge in [-0.25, -0.2) is 8.42 Å². The van der Waals surface area contributed by atoms with Gasteiger partial charge in [-0.2, -0.15) is 0 Å². The maximum Gasteiger partial charge on any atom is 0.157 e. The summed E-state index contributed by atoms with van der Waals surface area (Å²) in [6.07, 6.45) is 5.53. The van der Waals surface area contributed by atoms with E-state index in [0.29, 0.717) is 0 Å². The van der Waals surface area contributed by atoms with Gasteiger partial charge in [-0.1, -0.05) is 47.1 Å². The number of sulfone groups is 1. The Morgan fingerprint density at radius 1 is 1.33 bits per heavy atom. The second kappa shape index (κ2) is 9.36. The molecule has 0 aliphatic carbocycles. The number of hydrogen-bond donors (Lipinski definition) is 0. The lowest BCUT2D eigenvalue weighted by Crippen LogP contribution is -2.06. The van der Waals surface area contributed by atoms with Crippen LogP contribution in [0.3, 0.4) is 0 Å². The highest BCUT2D eigenvalue weighted by molar-refractivity contribution is 8.77. The molecule has 0 aromatic carbocycles. The van der Waals surface area contributed by atoms with Crippen LogP contribution in [-0.4, -0.2) is 25.7 Å². The van der Waals surface area contributed by atoms with Gasteiger partial charge in [0, 0.05) is 5.75 Å². The first-order chi connectivity index (χ1) is 7.12. The summed E-state index contributed by atoms with van der Waals surface area (Å²) < 4.78 is 22.5. The maximum atomic E-state index is 11.2. The second-order valence-corrected chi connectivity index (χ2v) is 7.56. The van der Waals surface area contributed by atoms with Gasteiger partial charge in [-0.15, -0.1) is 6.58 Å². The normalized spacial score (nSPS) is 12.1. The standard InChI is InChI=1S/C10H18O2S3/c1-3-5-7-13-14-8-6-10-15(11,12)9-4-2/h4,6,8H,2-3,5,7,9-10H2,1H3/b8-6+. The van der Waals surface area contributed by atoms with Gasteiger partial charge in [-0.05, 0) is 11.8 Å². The molecule has 0 fully saturated rings. The minimum atomic E-state index is -2.96. The van der Waals surface area contributed by atoms with Crippen LogP contribution in [0, 0.1) is 0 Å². The van der Waals surface area contributed by atoms with Crippen molar-refractivity contribution in [3.8, 4) is 0 Å². The first kappa shape index (κ1) is 15.1. The van der Waals surface area contributed by atoms with Crippen molar-refractivity contribution in [1.82, 2.24) is 0 Å². The molecule has 88 valence electrons. The zero-order chi connectivity index (χ0) is 11.6. The Morgan fingerprint density at radius 2 is 2.07 bits per heavy atom. The van der Waals surface area contributed by atoms with Crippen LogP contribution in [-0.2, 0) is 9.84 Å². The molecule has 0 aliphatic rings. The van der Waals surface area contributed by atoms with Crippen molar-refractivity contribution in [1.29, 1.82) is 0 Å². The Bertz CT molecular complexity index is 281. The van der Waals surface area contributed by atoms with E-state index in [1.54, 1.807) is 27.7 Å². The second-order valence-electron chi connectivity index (χ2n) is 3.01. The molecule has 15 heavy (non-hydrogen) atoms. The van der Waals surface area contributed by atoms with E-state index in [9.17, 15) is 8.42 Å². The van der Waals surface area contributed by atoms with Crippen LogP contribution in [0.4, 0.5) is 0 Å². The zero-order valence-corrected chi connectivity index (χ0v) is 11.5. The van der Waals surface area contributed by atoms with Crippen molar-refractivity contribution in [2.24, 2.45) is 0 Å². The minimum Gasteiger partial charge on any atom is -0.228 e. The highest BCUT2D eigenvalue weighted by Gasteiger charge is 2.03. The molecule has 0 heterocycles. The van der Waals surface area contributed by atoms with E-state index in [1.807, 2.05) is 5.41 Å². The first-order valence-electron chi connectivity index (χ1n) is 4.87. The molecule has 0 atom stereocenters. The van der Waals surface area contributed by atoms with Gasteiger partial charge in [0.25, 0.3) is 0 Å². The molecular weight excluding hydrogens is 248 g/mol. The minimum absolute atomic E-state index is 0.0605. The van der Waals surface area contributed by atoms with Crippen LogP contribution in [0.25, 0.3) is 0 Å². The summed E-state index contributed by atoms with van der Waals surface area (Å²) in [5.41, 5.74) is 0. The fourth-order valence-corrected chi connectivity index (χ4v) is 3.64. The molecule has 0 aromatic heterocycles. The molecule has 0 bridgehead atoms. The lowest BCUT2D eigenvalue weighted by atomic mass is 10.4. The van der Waals surface area contributed by atoms with E-state index in [0.717, 1.165) is 5.75 Å². The van der Waals surface area contributed by atoms with E-state index < -0.39 is 9.84 Å². The topological polar surface area (TPSA) is 34.1 Å². The molecule has 0 saturated heterocycles. The smallest absolute Gasteiger partial charge is 0.157 e. The maximum absolute atomic E-state index is 11.2. The average molecular weight is 266 g/mol. The highest BCUT2D eigenvalue weighted by atomic mass is 33.1. The van der Waals surface area contributed by atoms with Gasteiger partial charge >= 0.3 is 0 Å². The van der Waals surface area contributed by atoms with Crippen LogP contribution in [0.5, 0.6) is 0 Å². The molecule has 0 rings (SSSR count). The Hall–Kier alpha value is 0.130. The van der Waals surface area contributed by atoms with Gasteiger partial charge < -0.3 is 0 Å². The monoisotopic (exact) mass is 266 g/mol. The van der Waals surface area contributed by atoms with E-state index in [2.05, 4.69) is 13.5 Å². The van der Waals surface area contributed by atoms with Crippen LogP contribution in [0.2, 0.25) is 0 Å². The number of rotatable bonds is 9.